The van der Waals surface area contributed by atoms with Crippen LogP contribution in [0.5, 0.6) is 0 Å². The fourth-order valence-corrected chi connectivity index (χ4v) is 1.64. The number of hydrogen-bond acceptors (Lipinski definition) is 2. The molecule has 0 saturated carbocycles. The van der Waals surface area contributed by atoms with Gasteiger partial charge in [0, 0.05) is 23.1 Å². The Morgan fingerprint density at radius 2 is 1.87 bits per heavy atom. The molecule has 15 heavy (non-hydrogen) atoms. The summed E-state index contributed by atoms with van der Waals surface area (Å²) >= 11 is 3.01. The van der Waals surface area contributed by atoms with E-state index in [9.17, 15) is 8.78 Å². The van der Waals surface area contributed by atoms with Gasteiger partial charge in [0.15, 0.2) is 0 Å². The van der Waals surface area contributed by atoms with Crippen LogP contribution in [0, 0.1) is 11.6 Å². The Kier molecular flexibility index (Phi) is 4.63. The predicted octanol–water partition coefficient (Wildman–Crippen LogP) is 2.15. The average Bonchev–Trinajstić information content (AvgIpc) is 2.11. The molecule has 0 unspecified atom stereocenters. The predicted molar refractivity (Wildman–Crippen MR) is 57.5 cm³/mol. The van der Waals surface area contributed by atoms with Crippen molar-refractivity contribution >= 4 is 15.9 Å². The van der Waals surface area contributed by atoms with Crippen LogP contribution < -0.4 is 0 Å². The molecule has 0 bridgehead atoms. The van der Waals surface area contributed by atoms with E-state index in [-0.39, 0.29) is 18.7 Å². The SMILES string of the molecule is CN(CCO)Cc1c(F)cc(Br)cc1F. The summed E-state index contributed by atoms with van der Waals surface area (Å²) in [7, 11) is 1.69. The van der Waals surface area contributed by atoms with Gasteiger partial charge in [-0.05, 0) is 19.2 Å². The fraction of sp³-hybridized carbons (Fsp3) is 0.400. The lowest BCUT2D eigenvalue weighted by molar-refractivity contribution is 0.214. The second-order valence-electron chi connectivity index (χ2n) is 3.31. The number of benzene rings is 1. The molecule has 0 aliphatic carbocycles. The number of nitrogens with zero attached hydrogens (tertiary/aromatic N) is 1. The summed E-state index contributed by atoms with van der Waals surface area (Å²) in [5.41, 5.74) is 0.0224. The lowest BCUT2D eigenvalue weighted by Gasteiger charge is -2.16. The number of aliphatic hydroxyl groups excluding tert-OH is 1. The summed E-state index contributed by atoms with van der Waals surface area (Å²) in [5.74, 6) is -1.15. The number of halogens is 3. The minimum absolute atomic E-state index is 0.0224. The highest BCUT2D eigenvalue weighted by Gasteiger charge is 2.12. The molecular formula is C10H12BrF2NO. The molecule has 1 aromatic rings. The third kappa shape index (κ3) is 3.52. The van der Waals surface area contributed by atoms with Crippen LogP contribution in [-0.2, 0) is 6.54 Å². The summed E-state index contributed by atoms with van der Waals surface area (Å²) in [6.07, 6.45) is 0. The Morgan fingerprint density at radius 3 is 2.33 bits per heavy atom. The molecule has 1 rings (SSSR count). The van der Waals surface area contributed by atoms with Gasteiger partial charge in [-0.15, -0.1) is 0 Å². The van der Waals surface area contributed by atoms with Crippen LogP contribution in [0.2, 0.25) is 0 Å². The van der Waals surface area contributed by atoms with Crippen LogP contribution in [0.3, 0.4) is 0 Å². The second kappa shape index (κ2) is 5.53. The normalized spacial score (nSPS) is 11.1. The molecule has 0 aliphatic rings. The van der Waals surface area contributed by atoms with Crippen molar-refractivity contribution in [2.75, 3.05) is 20.2 Å². The van der Waals surface area contributed by atoms with Crippen molar-refractivity contribution in [3.05, 3.63) is 33.8 Å². The van der Waals surface area contributed by atoms with E-state index in [1.165, 1.54) is 12.1 Å². The smallest absolute Gasteiger partial charge is 0.131 e. The molecule has 1 aromatic carbocycles. The quantitative estimate of drug-likeness (QED) is 0.913. The molecule has 0 heterocycles. The molecule has 0 radical (unpaired) electrons. The monoisotopic (exact) mass is 279 g/mol. The van der Waals surface area contributed by atoms with Crippen LogP contribution in [0.1, 0.15) is 5.56 Å². The van der Waals surface area contributed by atoms with E-state index in [1.54, 1.807) is 11.9 Å². The molecule has 0 fully saturated rings. The largest absolute Gasteiger partial charge is 0.395 e. The molecule has 1 N–H and O–H groups in total. The average molecular weight is 280 g/mol. The molecule has 2 nitrogen and oxygen atoms in total. The van der Waals surface area contributed by atoms with E-state index in [4.69, 9.17) is 5.11 Å². The van der Waals surface area contributed by atoms with Gasteiger partial charge < -0.3 is 5.11 Å². The minimum Gasteiger partial charge on any atom is -0.395 e. The second-order valence-corrected chi connectivity index (χ2v) is 4.23. The number of aliphatic hydroxyl groups is 1. The zero-order valence-corrected chi connectivity index (χ0v) is 9.89. The van der Waals surface area contributed by atoms with E-state index < -0.39 is 11.6 Å². The third-order valence-electron chi connectivity index (χ3n) is 2.02. The van der Waals surface area contributed by atoms with Gasteiger partial charge in [0.2, 0.25) is 0 Å². The zero-order valence-electron chi connectivity index (χ0n) is 8.30. The Labute approximate surface area is 95.6 Å². The first-order valence-corrected chi connectivity index (χ1v) is 5.26. The van der Waals surface area contributed by atoms with Crippen molar-refractivity contribution in [2.24, 2.45) is 0 Å². The van der Waals surface area contributed by atoms with Crippen molar-refractivity contribution < 1.29 is 13.9 Å². The van der Waals surface area contributed by atoms with E-state index >= 15 is 0 Å². The molecule has 0 atom stereocenters. The molecule has 84 valence electrons. The molecule has 0 saturated heterocycles. The first-order chi connectivity index (χ1) is 7.04. The summed E-state index contributed by atoms with van der Waals surface area (Å²) < 4.78 is 27.1. The van der Waals surface area contributed by atoms with Crippen LogP contribution in [0.25, 0.3) is 0 Å². The van der Waals surface area contributed by atoms with Crippen molar-refractivity contribution in [1.29, 1.82) is 0 Å². The number of hydrogen-bond donors (Lipinski definition) is 1. The van der Waals surface area contributed by atoms with Crippen LogP contribution in [0.4, 0.5) is 8.78 Å². The van der Waals surface area contributed by atoms with Crippen LogP contribution in [-0.4, -0.2) is 30.2 Å². The lowest BCUT2D eigenvalue weighted by atomic mass is 10.2. The van der Waals surface area contributed by atoms with Gasteiger partial charge >= 0.3 is 0 Å². The van der Waals surface area contributed by atoms with Gasteiger partial charge in [-0.2, -0.15) is 0 Å². The summed E-state index contributed by atoms with van der Waals surface area (Å²) in [5, 5.41) is 8.66. The number of rotatable bonds is 4. The van der Waals surface area contributed by atoms with Crippen molar-refractivity contribution in [3.63, 3.8) is 0 Å². The Bertz CT molecular complexity index is 323. The summed E-state index contributed by atoms with van der Waals surface area (Å²) in [6, 6.07) is 2.45. The first-order valence-electron chi connectivity index (χ1n) is 4.47. The number of likely N-dealkylation sites (N-methyl/N-ethyl adjacent to an activating group) is 1. The zero-order chi connectivity index (χ0) is 11.4. The molecule has 0 aliphatic heterocycles. The van der Waals surface area contributed by atoms with Crippen LogP contribution >= 0.6 is 15.9 Å². The maximum absolute atomic E-state index is 13.4. The van der Waals surface area contributed by atoms with Gasteiger partial charge in [-0.3, -0.25) is 4.90 Å². The van der Waals surface area contributed by atoms with Gasteiger partial charge in [-0.25, -0.2) is 8.78 Å². The van der Waals surface area contributed by atoms with E-state index in [1.807, 2.05) is 0 Å². The maximum atomic E-state index is 13.4. The fourth-order valence-electron chi connectivity index (χ4n) is 1.24. The maximum Gasteiger partial charge on any atom is 0.131 e. The summed E-state index contributed by atoms with van der Waals surface area (Å²) in [4.78, 5) is 1.65. The Hall–Kier alpha value is -0.520. The lowest BCUT2D eigenvalue weighted by Crippen LogP contribution is -2.22. The molecule has 0 aromatic heterocycles. The Balaban J connectivity index is 2.85. The van der Waals surface area contributed by atoms with Gasteiger partial charge in [-0.1, -0.05) is 15.9 Å². The standard InChI is InChI=1S/C10H12BrF2NO/c1-14(2-3-15)6-8-9(12)4-7(11)5-10(8)13/h4-5,15H,2-3,6H2,1H3. The molecule has 0 spiro atoms. The first kappa shape index (κ1) is 12.5. The van der Waals surface area contributed by atoms with Crippen LogP contribution in [0.15, 0.2) is 16.6 Å². The highest BCUT2D eigenvalue weighted by atomic mass is 79.9. The van der Waals surface area contributed by atoms with E-state index in [2.05, 4.69) is 15.9 Å². The molecule has 0 amide bonds. The van der Waals surface area contributed by atoms with Crippen molar-refractivity contribution in [1.82, 2.24) is 4.90 Å². The van der Waals surface area contributed by atoms with Gasteiger partial charge in [0.1, 0.15) is 11.6 Å². The highest BCUT2D eigenvalue weighted by molar-refractivity contribution is 9.10. The molecule has 5 heteroatoms. The summed E-state index contributed by atoms with van der Waals surface area (Å²) in [6.45, 7) is 0.497. The van der Waals surface area contributed by atoms with Crippen molar-refractivity contribution in [2.45, 2.75) is 6.54 Å². The van der Waals surface area contributed by atoms with Gasteiger partial charge in [0.25, 0.3) is 0 Å². The topological polar surface area (TPSA) is 23.5 Å². The Morgan fingerprint density at radius 1 is 1.33 bits per heavy atom. The third-order valence-corrected chi connectivity index (χ3v) is 2.47. The highest BCUT2D eigenvalue weighted by Crippen LogP contribution is 2.20. The van der Waals surface area contributed by atoms with Crippen molar-refractivity contribution in [3.8, 4) is 0 Å². The van der Waals surface area contributed by atoms with E-state index in [0.717, 1.165) is 0 Å². The minimum atomic E-state index is -0.577. The molecular weight excluding hydrogens is 268 g/mol. The van der Waals surface area contributed by atoms with E-state index in [0.29, 0.717) is 11.0 Å². The van der Waals surface area contributed by atoms with Gasteiger partial charge in [0.05, 0.1) is 6.61 Å².